The van der Waals surface area contributed by atoms with Gasteiger partial charge in [-0.3, -0.25) is 4.90 Å². The van der Waals surface area contributed by atoms with Crippen LogP contribution in [0.4, 0.5) is 0 Å². The number of nitrogens with zero attached hydrogens (tertiary/aromatic N) is 1. The highest BCUT2D eigenvalue weighted by Crippen LogP contribution is 2.13. The number of hydrogen-bond acceptors (Lipinski definition) is 4. The quantitative estimate of drug-likeness (QED) is 0.638. The van der Waals surface area contributed by atoms with Gasteiger partial charge in [0, 0.05) is 32.3 Å². The van der Waals surface area contributed by atoms with Crippen LogP contribution in [0.1, 0.15) is 26.2 Å². The molecule has 0 aromatic carbocycles. The second-order valence-electron chi connectivity index (χ2n) is 4.26. The predicted molar refractivity (Wildman–Crippen MR) is 60.8 cm³/mol. The smallest absolute Gasteiger partial charge is 0.0702 e. The Morgan fingerprint density at radius 2 is 2.40 bits per heavy atom. The zero-order valence-corrected chi connectivity index (χ0v) is 9.69. The maximum absolute atomic E-state index is 8.78. The monoisotopic (exact) mass is 216 g/mol. The van der Waals surface area contributed by atoms with Crippen molar-refractivity contribution in [3.8, 4) is 0 Å². The normalized spacial score (nSPS) is 23.6. The molecule has 2 unspecified atom stereocenters. The summed E-state index contributed by atoms with van der Waals surface area (Å²) in [4.78, 5) is 2.32. The molecule has 4 nitrogen and oxygen atoms in total. The third-order valence-electron chi connectivity index (χ3n) is 2.93. The zero-order valence-electron chi connectivity index (χ0n) is 9.69. The molecule has 4 heteroatoms. The molecule has 1 saturated heterocycles. The molecule has 1 aliphatic heterocycles. The van der Waals surface area contributed by atoms with Crippen LogP contribution in [-0.4, -0.2) is 55.0 Å². The summed E-state index contributed by atoms with van der Waals surface area (Å²) in [5.74, 6) is 0. The van der Waals surface area contributed by atoms with Gasteiger partial charge in [0.2, 0.25) is 0 Å². The van der Waals surface area contributed by atoms with E-state index in [4.69, 9.17) is 15.6 Å². The Morgan fingerprint density at radius 1 is 1.60 bits per heavy atom. The summed E-state index contributed by atoms with van der Waals surface area (Å²) in [6.07, 6.45) is 3.44. The van der Waals surface area contributed by atoms with Crippen molar-refractivity contribution < 1.29 is 9.84 Å². The van der Waals surface area contributed by atoms with Gasteiger partial charge < -0.3 is 15.6 Å². The topological polar surface area (TPSA) is 58.7 Å². The first kappa shape index (κ1) is 12.9. The second kappa shape index (κ2) is 7.17. The highest BCUT2D eigenvalue weighted by atomic mass is 16.5. The van der Waals surface area contributed by atoms with Gasteiger partial charge in [-0.15, -0.1) is 0 Å². The van der Waals surface area contributed by atoms with Crippen LogP contribution >= 0.6 is 0 Å². The lowest BCUT2D eigenvalue weighted by Crippen LogP contribution is -2.41. The summed E-state index contributed by atoms with van der Waals surface area (Å²) in [6, 6.07) is 0.0800. The van der Waals surface area contributed by atoms with Crippen LogP contribution in [0.2, 0.25) is 0 Å². The van der Waals surface area contributed by atoms with Crippen molar-refractivity contribution in [1.29, 1.82) is 0 Å². The summed E-state index contributed by atoms with van der Waals surface area (Å²) in [6.45, 7) is 6.07. The fourth-order valence-electron chi connectivity index (χ4n) is 2.00. The van der Waals surface area contributed by atoms with Crippen LogP contribution in [0.15, 0.2) is 0 Å². The SMILES string of the molecule is CCN(CC(N)CCO)CC1CCCO1. The average molecular weight is 216 g/mol. The molecule has 1 fully saturated rings. The molecule has 3 N–H and O–H groups in total. The molecule has 1 heterocycles. The van der Waals surface area contributed by atoms with Crippen molar-refractivity contribution in [2.24, 2.45) is 5.73 Å². The van der Waals surface area contributed by atoms with E-state index in [0.29, 0.717) is 12.5 Å². The summed E-state index contributed by atoms with van der Waals surface area (Å²) >= 11 is 0. The van der Waals surface area contributed by atoms with Crippen LogP contribution < -0.4 is 5.73 Å². The Labute approximate surface area is 92.4 Å². The zero-order chi connectivity index (χ0) is 11.1. The van der Waals surface area contributed by atoms with E-state index in [1.807, 2.05) is 0 Å². The summed E-state index contributed by atoms with van der Waals surface area (Å²) in [7, 11) is 0. The molecule has 0 spiro atoms. The number of ether oxygens (including phenoxy) is 1. The minimum Gasteiger partial charge on any atom is -0.396 e. The molecule has 0 bridgehead atoms. The van der Waals surface area contributed by atoms with Gasteiger partial charge in [-0.2, -0.15) is 0 Å². The predicted octanol–water partition coefficient (Wildman–Crippen LogP) is 0.197. The highest BCUT2D eigenvalue weighted by molar-refractivity contribution is 4.73. The summed E-state index contributed by atoms with van der Waals surface area (Å²) < 4.78 is 5.59. The molecule has 1 rings (SSSR count). The second-order valence-corrected chi connectivity index (χ2v) is 4.26. The largest absolute Gasteiger partial charge is 0.396 e. The van der Waals surface area contributed by atoms with Crippen molar-refractivity contribution in [1.82, 2.24) is 4.90 Å². The van der Waals surface area contributed by atoms with Crippen LogP contribution in [0.25, 0.3) is 0 Å². The Kier molecular flexibility index (Phi) is 6.17. The van der Waals surface area contributed by atoms with Gasteiger partial charge in [0.25, 0.3) is 0 Å². The van der Waals surface area contributed by atoms with E-state index >= 15 is 0 Å². The number of aliphatic hydroxyl groups is 1. The molecule has 1 aliphatic rings. The lowest BCUT2D eigenvalue weighted by molar-refractivity contribution is 0.0720. The maximum atomic E-state index is 8.78. The van der Waals surface area contributed by atoms with Gasteiger partial charge >= 0.3 is 0 Å². The minimum absolute atomic E-state index is 0.0800. The average Bonchev–Trinajstić information content (AvgIpc) is 2.70. The summed E-state index contributed by atoms with van der Waals surface area (Å²) in [5, 5.41) is 8.78. The Balaban J connectivity index is 2.21. The van der Waals surface area contributed by atoms with E-state index in [-0.39, 0.29) is 12.6 Å². The van der Waals surface area contributed by atoms with Crippen LogP contribution in [0.5, 0.6) is 0 Å². The third-order valence-corrected chi connectivity index (χ3v) is 2.93. The van der Waals surface area contributed by atoms with Crippen LogP contribution in [0.3, 0.4) is 0 Å². The number of aliphatic hydroxyl groups excluding tert-OH is 1. The molecule has 90 valence electrons. The van der Waals surface area contributed by atoms with Gasteiger partial charge in [0.1, 0.15) is 0 Å². The molecule has 0 aliphatic carbocycles. The Bertz CT molecular complexity index is 161. The van der Waals surface area contributed by atoms with Crippen LogP contribution in [0, 0.1) is 0 Å². The maximum Gasteiger partial charge on any atom is 0.0702 e. The molecule has 2 atom stereocenters. The van der Waals surface area contributed by atoms with Gasteiger partial charge in [0.15, 0.2) is 0 Å². The molecule has 0 aromatic heterocycles. The van der Waals surface area contributed by atoms with E-state index in [0.717, 1.165) is 26.2 Å². The van der Waals surface area contributed by atoms with Crippen molar-refractivity contribution in [2.45, 2.75) is 38.3 Å². The lowest BCUT2D eigenvalue weighted by atomic mass is 10.2. The number of hydrogen-bond donors (Lipinski definition) is 2. The van der Waals surface area contributed by atoms with E-state index in [2.05, 4.69) is 11.8 Å². The van der Waals surface area contributed by atoms with E-state index in [1.165, 1.54) is 12.8 Å². The first-order valence-electron chi connectivity index (χ1n) is 5.96. The molecular weight excluding hydrogens is 192 g/mol. The fraction of sp³-hybridized carbons (Fsp3) is 1.00. The Hall–Kier alpha value is -0.160. The summed E-state index contributed by atoms with van der Waals surface area (Å²) in [5.41, 5.74) is 5.89. The third kappa shape index (κ3) is 4.93. The van der Waals surface area contributed by atoms with Crippen molar-refractivity contribution >= 4 is 0 Å². The lowest BCUT2D eigenvalue weighted by Gasteiger charge is -2.26. The van der Waals surface area contributed by atoms with Gasteiger partial charge in [-0.05, 0) is 25.8 Å². The van der Waals surface area contributed by atoms with Crippen molar-refractivity contribution in [3.05, 3.63) is 0 Å². The molecular formula is C11H24N2O2. The van der Waals surface area contributed by atoms with E-state index in [9.17, 15) is 0 Å². The highest BCUT2D eigenvalue weighted by Gasteiger charge is 2.19. The first-order valence-corrected chi connectivity index (χ1v) is 5.96. The Morgan fingerprint density at radius 3 is 2.93 bits per heavy atom. The van der Waals surface area contributed by atoms with E-state index in [1.54, 1.807) is 0 Å². The molecule has 15 heavy (non-hydrogen) atoms. The van der Waals surface area contributed by atoms with E-state index < -0.39 is 0 Å². The number of likely N-dealkylation sites (N-methyl/N-ethyl adjacent to an activating group) is 1. The number of rotatable bonds is 7. The molecule has 0 saturated carbocycles. The fourth-order valence-corrected chi connectivity index (χ4v) is 2.00. The van der Waals surface area contributed by atoms with Gasteiger partial charge in [0.05, 0.1) is 6.10 Å². The minimum atomic E-state index is 0.0800. The van der Waals surface area contributed by atoms with Crippen molar-refractivity contribution in [2.75, 3.05) is 32.8 Å². The van der Waals surface area contributed by atoms with Crippen molar-refractivity contribution in [3.63, 3.8) is 0 Å². The molecule has 0 radical (unpaired) electrons. The molecule has 0 aromatic rings. The molecule has 0 amide bonds. The number of nitrogens with two attached hydrogens (primary N) is 1. The first-order chi connectivity index (χ1) is 7.26. The standard InChI is InChI=1S/C11H24N2O2/c1-2-13(8-10(12)5-6-14)9-11-4-3-7-15-11/h10-11,14H,2-9,12H2,1H3. The van der Waals surface area contributed by atoms with Gasteiger partial charge in [-0.1, -0.05) is 6.92 Å². The van der Waals surface area contributed by atoms with Gasteiger partial charge in [-0.25, -0.2) is 0 Å². The van der Waals surface area contributed by atoms with Crippen LogP contribution in [-0.2, 0) is 4.74 Å².